The largest absolute Gasteiger partial charge is 0.0996 e. The molecule has 16 heavy (non-hydrogen) atoms. The molecule has 2 aliphatic rings. The molecule has 2 aliphatic carbocycles. The summed E-state index contributed by atoms with van der Waals surface area (Å²) in [7, 11) is 0. The number of hydrogen-bond acceptors (Lipinski definition) is 0. The summed E-state index contributed by atoms with van der Waals surface area (Å²) < 4.78 is 0. The molecule has 0 N–H and O–H groups in total. The lowest BCUT2D eigenvalue weighted by Crippen LogP contribution is -2.28. The molecule has 0 heterocycles. The van der Waals surface area contributed by atoms with Gasteiger partial charge in [-0.3, -0.25) is 0 Å². The van der Waals surface area contributed by atoms with E-state index < -0.39 is 0 Å². The van der Waals surface area contributed by atoms with Crippen molar-refractivity contribution in [3.8, 4) is 0 Å². The Bertz CT molecular complexity index is 265. The molecule has 2 rings (SSSR count). The Morgan fingerprint density at radius 2 is 2.12 bits per heavy atom. The molecule has 2 fully saturated rings. The van der Waals surface area contributed by atoms with Gasteiger partial charge in [0.05, 0.1) is 0 Å². The van der Waals surface area contributed by atoms with Crippen molar-refractivity contribution >= 4 is 0 Å². The standard InChI is InChI=1S/C16H28/c1-5-16(4)10-6-7-14(16)8-9-15-12(2)11-13(15)3/h13-15H,2,5-11H2,1,3-4H3. The normalized spacial score (nSPS) is 43.4. The predicted molar refractivity (Wildman–Crippen MR) is 71.4 cm³/mol. The third kappa shape index (κ3) is 2.08. The van der Waals surface area contributed by atoms with E-state index in [2.05, 4.69) is 27.4 Å². The molecule has 0 aliphatic heterocycles. The molecule has 2 saturated carbocycles. The molecule has 4 unspecified atom stereocenters. The zero-order chi connectivity index (χ0) is 11.8. The van der Waals surface area contributed by atoms with Crippen LogP contribution in [0.2, 0.25) is 0 Å². The minimum atomic E-state index is 0.661. The highest BCUT2D eigenvalue weighted by molar-refractivity contribution is 5.13. The quantitative estimate of drug-likeness (QED) is 0.572. The second kappa shape index (κ2) is 4.55. The lowest BCUT2D eigenvalue weighted by Gasteiger charge is -2.39. The van der Waals surface area contributed by atoms with Crippen molar-refractivity contribution in [1.82, 2.24) is 0 Å². The number of hydrogen-bond donors (Lipinski definition) is 0. The first-order chi connectivity index (χ1) is 7.57. The predicted octanol–water partition coefficient (Wildman–Crippen LogP) is 5.20. The van der Waals surface area contributed by atoms with Gasteiger partial charge in [0, 0.05) is 0 Å². The molecule has 0 aromatic heterocycles. The van der Waals surface area contributed by atoms with Crippen LogP contribution in [0.3, 0.4) is 0 Å². The Kier molecular flexibility index (Phi) is 3.47. The third-order valence-electron chi connectivity index (χ3n) is 5.72. The molecular formula is C16H28. The molecule has 0 aromatic carbocycles. The summed E-state index contributed by atoms with van der Waals surface area (Å²) in [4.78, 5) is 0. The van der Waals surface area contributed by atoms with E-state index in [-0.39, 0.29) is 0 Å². The van der Waals surface area contributed by atoms with Crippen molar-refractivity contribution in [3.05, 3.63) is 12.2 Å². The van der Waals surface area contributed by atoms with Crippen molar-refractivity contribution in [1.29, 1.82) is 0 Å². The maximum Gasteiger partial charge on any atom is -0.0177 e. The highest BCUT2D eigenvalue weighted by Crippen LogP contribution is 2.50. The topological polar surface area (TPSA) is 0 Å². The first kappa shape index (κ1) is 12.2. The maximum atomic E-state index is 4.19. The second-order valence-electron chi connectivity index (χ2n) is 6.62. The van der Waals surface area contributed by atoms with Gasteiger partial charge in [-0.05, 0) is 55.3 Å². The van der Waals surface area contributed by atoms with Gasteiger partial charge in [-0.15, -0.1) is 0 Å². The summed E-state index contributed by atoms with van der Waals surface area (Å²) in [6.45, 7) is 11.5. The van der Waals surface area contributed by atoms with Crippen LogP contribution in [0.25, 0.3) is 0 Å². The van der Waals surface area contributed by atoms with Crippen molar-refractivity contribution in [2.45, 2.75) is 65.7 Å². The van der Waals surface area contributed by atoms with Crippen LogP contribution in [0.1, 0.15) is 65.7 Å². The van der Waals surface area contributed by atoms with Crippen LogP contribution in [0.15, 0.2) is 12.2 Å². The van der Waals surface area contributed by atoms with Gasteiger partial charge in [0.1, 0.15) is 0 Å². The fourth-order valence-corrected chi connectivity index (χ4v) is 4.08. The number of rotatable bonds is 4. The Labute approximate surface area is 102 Å². The Morgan fingerprint density at radius 1 is 1.38 bits per heavy atom. The molecule has 0 bridgehead atoms. The van der Waals surface area contributed by atoms with Gasteiger partial charge in [-0.25, -0.2) is 0 Å². The highest BCUT2D eigenvalue weighted by Gasteiger charge is 2.38. The molecule has 0 aromatic rings. The van der Waals surface area contributed by atoms with Gasteiger partial charge in [0.15, 0.2) is 0 Å². The van der Waals surface area contributed by atoms with Crippen LogP contribution in [0, 0.1) is 23.2 Å². The van der Waals surface area contributed by atoms with Crippen molar-refractivity contribution < 1.29 is 0 Å². The van der Waals surface area contributed by atoms with Crippen LogP contribution in [-0.4, -0.2) is 0 Å². The lowest BCUT2D eigenvalue weighted by molar-refractivity contribution is 0.179. The summed E-state index contributed by atoms with van der Waals surface area (Å²) in [6.07, 6.45) is 9.96. The van der Waals surface area contributed by atoms with Gasteiger partial charge in [0.25, 0.3) is 0 Å². The van der Waals surface area contributed by atoms with Gasteiger partial charge in [0.2, 0.25) is 0 Å². The first-order valence-corrected chi connectivity index (χ1v) is 7.24. The summed E-state index contributed by atoms with van der Waals surface area (Å²) in [5.41, 5.74) is 2.19. The minimum absolute atomic E-state index is 0.661. The summed E-state index contributed by atoms with van der Waals surface area (Å²) in [6, 6.07) is 0. The zero-order valence-corrected chi connectivity index (χ0v) is 11.4. The minimum Gasteiger partial charge on any atom is -0.0996 e. The van der Waals surface area contributed by atoms with Crippen LogP contribution in [-0.2, 0) is 0 Å². The van der Waals surface area contributed by atoms with Crippen LogP contribution >= 0.6 is 0 Å². The second-order valence-corrected chi connectivity index (χ2v) is 6.62. The summed E-state index contributed by atoms with van der Waals surface area (Å²) in [5.74, 6) is 2.78. The van der Waals surface area contributed by atoms with Crippen molar-refractivity contribution in [3.63, 3.8) is 0 Å². The van der Waals surface area contributed by atoms with E-state index >= 15 is 0 Å². The molecule has 4 atom stereocenters. The van der Waals surface area contributed by atoms with E-state index in [4.69, 9.17) is 0 Å². The van der Waals surface area contributed by atoms with Gasteiger partial charge >= 0.3 is 0 Å². The first-order valence-electron chi connectivity index (χ1n) is 7.24. The van der Waals surface area contributed by atoms with E-state index in [0.29, 0.717) is 5.41 Å². The van der Waals surface area contributed by atoms with E-state index in [1.54, 1.807) is 0 Å². The van der Waals surface area contributed by atoms with Crippen LogP contribution < -0.4 is 0 Å². The highest BCUT2D eigenvalue weighted by atomic mass is 14.4. The molecular weight excluding hydrogens is 192 g/mol. The maximum absolute atomic E-state index is 4.19. The Balaban J connectivity index is 1.83. The molecule has 0 heteroatoms. The monoisotopic (exact) mass is 220 g/mol. The molecule has 92 valence electrons. The average molecular weight is 220 g/mol. The average Bonchev–Trinajstić information content (AvgIpc) is 2.61. The van der Waals surface area contributed by atoms with Gasteiger partial charge in [-0.1, -0.05) is 45.8 Å². The number of allylic oxidation sites excluding steroid dienone is 1. The van der Waals surface area contributed by atoms with E-state index in [1.165, 1.54) is 50.5 Å². The lowest BCUT2D eigenvalue weighted by atomic mass is 9.66. The van der Waals surface area contributed by atoms with Gasteiger partial charge in [-0.2, -0.15) is 0 Å². The SMILES string of the molecule is C=C1CC(C)C1CCC1CCCC1(C)CC. The van der Waals surface area contributed by atoms with Crippen LogP contribution in [0.4, 0.5) is 0 Å². The Hall–Kier alpha value is -0.260. The van der Waals surface area contributed by atoms with Gasteiger partial charge < -0.3 is 0 Å². The van der Waals surface area contributed by atoms with Crippen LogP contribution in [0.5, 0.6) is 0 Å². The van der Waals surface area contributed by atoms with E-state index in [9.17, 15) is 0 Å². The van der Waals surface area contributed by atoms with E-state index in [0.717, 1.165) is 17.8 Å². The molecule has 0 nitrogen and oxygen atoms in total. The zero-order valence-electron chi connectivity index (χ0n) is 11.4. The fourth-order valence-electron chi connectivity index (χ4n) is 4.08. The smallest absolute Gasteiger partial charge is 0.0177 e. The molecule has 0 saturated heterocycles. The van der Waals surface area contributed by atoms with E-state index in [1.807, 2.05) is 0 Å². The summed E-state index contributed by atoms with van der Waals surface area (Å²) >= 11 is 0. The summed E-state index contributed by atoms with van der Waals surface area (Å²) in [5, 5.41) is 0. The molecule has 0 radical (unpaired) electrons. The molecule has 0 spiro atoms. The Morgan fingerprint density at radius 3 is 2.69 bits per heavy atom. The molecule has 0 amide bonds. The van der Waals surface area contributed by atoms with Crippen molar-refractivity contribution in [2.24, 2.45) is 23.2 Å². The third-order valence-corrected chi connectivity index (χ3v) is 5.72. The van der Waals surface area contributed by atoms with Crippen molar-refractivity contribution in [2.75, 3.05) is 0 Å². The fraction of sp³-hybridized carbons (Fsp3) is 0.875.